The van der Waals surface area contributed by atoms with Crippen molar-refractivity contribution in [1.29, 1.82) is 0 Å². The summed E-state index contributed by atoms with van der Waals surface area (Å²) >= 11 is 0. The Labute approximate surface area is 43.4 Å². The van der Waals surface area contributed by atoms with Gasteiger partial charge in [-0.2, -0.15) is 0 Å². The summed E-state index contributed by atoms with van der Waals surface area (Å²) in [6, 6.07) is 0. The summed E-state index contributed by atoms with van der Waals surface area (Å²) in [6.45, 7) is 4.00. The first-order chi connectivity index (χ1) is 3.17. The van der Waals surface area contributed by atoms with Crippen molar-refractivity contribution in [3.8, 4) is 0 Å². The van der Waals surface area contributed by atoms with Crippen LogP contribution in [0.5, 0.6) is 0 Å². The topological polar surface area (TPSA) is 21.8 Å². The lowest BCUT2D eigenvalue weighted by Crippen LogP contribution is -2.03. The molecule has 0 spiro atoms. The Morgan fingerprint density at radius 3 is 2.00 bits per heavy atom. The van der Waals surface area contributed by atoms with E-state index >= 15 is 0 Å². The first-order valence-electron chi connectivity index (χ1n) is 2.37. The molecule has 2 nitrogen and oxygen atoms in total. The van der Waals surface area contributed by atoms with Crippen LogP contribution < -0.4 is 0 Å². The normalized spacial score (nSPS) is 35.6. The number of epoxide rings is 1. The number of hydrogen-bond acceptors (Lipinski definition) is 2. The molecule has 42 valence electrons. The van der Waals surface area contributed by atoms with E-state index in [-0.39, 0.29) is 11.9 Å². The van der Waals surface area contributed by atoms with E-state index in [1.54, 1.807) is 7.11 Å². The van der Waals surface area contributed by atoms with E-state index in [1.807, 2.05) is 13.8 Å². The van der Waals surface area contributed by atoms with Crippen LogP contribution in [0.25, 0.3) is 0 Å². The van der Waals surface area contributed by atoms with Gasteiger partial charge in [0.05, 0.1) is 0 Å². The first-order valence-corrected chi connectivity index (χ1v) is 2.37. The van der Waals surface area contributed by atoms with Crippen LogP contribution in [-0.4, -0.2) is 19.0 Å². The molecule has 1 fully saturated rings. The zero-order valence-corrected chi connectivity index (χ0v) is 4.89. The van der Waals surface area contributed by atoms with Gasteiger partial charge in [0.1, 0.15) is 5.60 Å². The summed E-state index contributed by atoms with van der Waals surface area (Å²) in [5.41, 5.74) is -0.00521. The molecule has 1 saturated heterocycles. The minimum absolute atomic E-state index is 0.00521. The highest BCUT2D eigenvalue weighted by molar-refractivity contribution is 4.87. The van der Waals surface area contributed by atoms with Crippen molar-refractivity contribution in [1.82, 2.24) is 0 Å². The van der Waals surface area contributed by atoms with Gasteiger partial charge < -0.3 is 9.47 Å². The van der Waals surface area contributed by atoms with E-state index in [0.29, 0.717) is 0 Å². The fourth-order valence-electron chi connectivity index (χ4n) is 0.574. The minimum Gasteiger partial charge on any atom is -0.353 e. The molecule has 0 aromatic heterocycles. The smallest absolute Gasteiger partial charge is 0.186 e. The summed E-state index contributed by atoms with van der Waals surface area (Å²) in [5.74, 6) is 0. The molecular formula is C5H10O2. The molecule has 0 radical (unpaired) electrons. The molecule has 0 bridgehead atoms. The van der Waals surface area contributed by atoms with Crippen molar-refractivity contribution in [3.05, 3.63) is 0 Å². The molecular weight excluding hydrogens is 92.1 g/mol. The third-order valence-electron chi connectivity index (χ3n) is 1.14. The maximum Gasteiger partial charge on any atom is 0.186 e. The average Bonchev–Trinajstić information content (AvgIpc) is 2.13. The molecule has 1 aliphatic heterocycles. The summed E-state index contributed by atoms with van der Waals surface area (Å²) < 4.78 is 9.89. The van der Waals surface area contributed by atoms with Crippen LogP contribution in [0.15, 0.2) is 0 Å². The molecule has 0 N–H and O–H groups in total. The number of hydrogen-bond donors (Lipinski definition) is 0. The van der Waals surface area contributed by atoms with Gasteiger partial charge in [-0.1, -0.05) is 0 Å². The molecule has 0 aromatic rings. The molecule has 0 amide bonds. The van der Waals surface area contributed by atoms with Crippen molar-refractivity contribution in [2.75, 3.05) is 7.11 Å². The van der Waals surface area contributed by atoms with E-state index in [4.69, 9.17) is 9.47 Å². The Morgan fingerprint density at radius 1 is 1.57 bits per heavy atom. The van der Waals surface area contributed by atoms with Gasteiger partial charge in [0.15, 0.2) is 6.29 Å². The molecule has 1 heterocycles. The highest BCUT2D eigenvalue weighted by Crippen LogP contribution is 2.34. The van der Waals surface area contributed by atoms with Crippen LogP contribution in [0.3, 0.4) is 0 Å². The van der Waals surface area contributed by atoms with Crippen LogP contribution >= 0.6 is 0 Å². The van der Waals surface area contributed by atoms with Gasteiger partial charge in [0, 0.05) is 7.11 Å². The van der Waals surface area contributed by atoms with Gasteiger partial charge >= 0.3 is 0 Å². The standard InChI is InChI=1S/C5H10O2/c1-5(2)4(6-3)7-5/h4H,1-3H3/t4-/m1/s1. The number of methoxy groups -OCH3 is 1. The van der Waals surface area contributed by atoms with E-state index in [0.717, 1.165) is 0 Å². The van der Waals surface area contributed by atoms with Crippen molar-refractivity contribution < 1.29 is 9.47 Å². The molecule has 1 atom stereocenters. The lowest BCUT2D eigenvalue weighted by atomic mass is 10.2. The third-order valence-corrected chi connectivity index (χ3v) is 1.14. The largest absolute Gasteiger partial charge is 0.353 e. The van der Waals surface area contributed by atoms with Gasteiger partial charge in [-0.15, -0.1) is 0 Å². The van der Waals surface area contributed by atoms with Crippen LogP contribution in [0.4, 0.5) is 0 Å². The first kappa shape index (κ1) is 5.06. The zero-order valence-electron chi connectivity index (χ0n) is 4.89. The fourth-order valence-corrected chi connectivity index (χ4v) is 0.574. The summed E-state index contributed by atoms with van der Waals surface area (Å²) in [6.07, 6.45) is 0.0486. The number of rotatable bonds is 1. The minimum atomic E-state index is -0.00521. The van der Waals surface area contributed by atoms with Crippen LogP contribution in [0, 0.1) is 0 Å². The average molecular weight is 102 g/mol. The van der Waals surface area contributed by atoms with Gasteiger partial charge in [0.2, 0.25) is 0 Å². The van der Waals surface area contributed by atoms with Gasteiger partial charge in [-0.05, 0) is 13.8 Å². The van der Waals surface area contributed by atoms with Crippen molar-refractivity contribution in [2.45, 2.75) is 25.7 Å². The molecule has 0 saturated carbocycles. The van der Waals surface area contributed by atoms with Crippen LogP contribution in [0.1, 0.15) is 13.8 Å². The maximum absolute atomic E-state index is 5.03. The lowest BCUT2D eigenvalue weighted by Gasteiger charge is -1.89. The zero-order chi connectivity index (χ0) is 5.49. The van der Waals surface area contributed by atoms with Crippen LogP contribution in [0.2, 0.25) is 0 Å². The van der Waals surface area contributed by atoms with E-state index in [2.05, 4.69) is 0 Å². The van der Waals surface area contributed by atoms with Crippen molar-refractivity contribution in [3.63, 3.8) is 0 Å². The Hall–Kier alpha value is -0.0800. The van der Waals surface area contributed by atoms with E-state index in [1.165, 1.54) is 0 Å². The fraction of sp³-hybridized carbons (Fsp3) is 1.00. The lowest BCUT2D eigenvalue weighted by molar-refractivity contribution is 0.0950. The number of ether oxygens (including phenoxy) is 2. The Morgan fingerprint density at radius 2 is 2.00 bits per heavy atom. The Balaban J connectivity index is 2.30. The quantitative estimate of drug-likeness (QED) is 0.456. The van der Waals surface area contributed by atoms with Gasteiger partial charge in [-0.3, -0.25) is 0 Å². The van der Waals surface area contributed by atoms with Crippen molar-refractivity contribution in [2.24, 2.45) is 0 Å². The predicted molar refractivity (Wildman–Crippen MR) is 26.0 cm³/mol. The summed E-state index contributed by atoms with van der Waals surface area (Å²) in [5, 5.41) is 0. The van der Waals surface area contributed by atoms with Crippen molar-refractivity contribution >= 4 is 0 Å². The monoisotopic (exact) mass is 102 g/mol. The molecule has 7 heavy (non-hydrogen) atoms. The summed E-state index contributed by atoms with van der Waals surface area (Å²) in [7, 11) is 1.65. The molecule has 0 aromatic carbocycles. The highest BCUT2D eigenvalue weighted by Gasteiger charge is 2.48. The Kier molecular flexibility index (Phi) is 0.869. The molecule has 2 heteroatoms. The predicted octanol–water partition coefficient (Wildman–Crippen LogP) is 0.768. The second-order valence-electron chi connectivity index (χ2n) is 2.29. The third kappa shape index (κ3) is 0.763. The van der Waals surface area contributed by atoms with E-state index in [9.17, 15) is 0 Å². The highest BCUT2D eigenvalue weighted by atomic mass is 16.8. The molecule has 1 aliphatic rings. The Bertz CT molecular complexity index is 78.1. The second kappa shape index (κ2) is 1.20. The van der Waals surface area contributed by atoms with Gasteiger partial charge in [-0.25, -0.2) is 0 Å². The molecule has 1 rings (SSSR count). The molecule has 0 unspecified atom stereocenters. The van der Waals surface area contributed by atoms with Crippen LogP contribution in [-0.2, 0) is 9.47 Å². The van der Waals surface area contributed by atoms with E-state index < -0.39 is 0 Å². The molecule has 0 aliphatic carbocycles. The maximum atomic E-state index is 5.03. The second-order valence-corrected chi connectivity index (χ2v) is 2.29. The van der Waals surface area contributed by atoms with Gasteiger partial charge in [0.25, 0.3) is 0 Å². The summed E-state index contributed by atoms with van der Waals surface area (Å²) in [4.78, 5) is 0. The SMILES string of the molecule is CO[C@@H]1OC1(C)C.